The number of pyridine rings is 1. The largest absolute Gasteiger partial charge is 0.497 e. The van der Waals surface area contributed by atoms with Gasteiger partial charge in [-0.2, -0.15) is 4.98 Å². The lowest BCUT2D eigenvalue weighted by atomic mass is 10.1. The predicted octanol–water partition coefficient (Wildman–Crippen LogP) is 4.07. The zero-order chi connectivity index (χ0) is 20.9. The van der Waals surface area contributed by atoms with Gasteiger partial charge in [-0.25, -0.2) is 0 Å². The van der Waals surface area contributed by atoms with Crippen LogP contribution in [0.4, 0.5) is 5.69 Å². The van der Waals surface area contributed by atoms with Crippen molar-refractivity contribution in [1.82, 2.24) is 15.1 Å². The predicted molar refractivity (Wildman–Crippen MR) is 110 cm³/mol. The van der Waals surface area contributed by atoms with E-state index in [1.54, 1.807) is 48.7 Å². The van der Waals surface area contributed by atoms with E-state index in [0.29, 0.717) is 39.8 Å². The highest BCUT2D eigenvalue weighted by Gasteiger charge is 2.17. The van der Waals surface area contributed by atoms with E-state index in [2.05, 4.69) is 20.4 Å². The Labute approximate surface area is 172 Å². The van der Waals surface area contributed by atoms with Gasteiger partial charge in [0.05, 0.1) is 25.5 Å². The topological polar surface area (TPSA) is 99.4 Å². The third-order valence-corrected chi connectivity index (χ3v) is 4.34. The average Bonchev–Trinajstić information content (AvgIpc) is 3.29. The van der Waals surface area contributed by atoms with E-state index in [4.69, 9.17) is 14.0 Å². The lowest BCUT2D eigenvalue weighted by Gasteiger charge is -2.11. The molecular formula is C22H18N4O4. The summed E-state index contributed by atoms with van der Waals surface area (Å²) < 4.78 is 15.9. The second-order valence-corrected chi connectivity index (χ2v) is 6.24. The summed E-state index contributed by atoms with van der Waals surface area (Å²) in [7, 11) is 3.06. The van der Waals surface area contributed by atoms with Crippen LogP contribution in [-0.2, 0) is 0 Å². The van der Waals surface area contributed by atoms with Gasteiger partial charge in [-0.3, -0.25) is 9.78 Å². The molecule has 2 aromatic heterocycles. The van der Waals surface area contributed by atoms with Crippen molar-refractivity contribution in [3.05, 3.63) is 72.4 Å². The van der Waals surface area contributed by atoms with Gasteiger partial charge in [0.25, 0.3) is 11.8 Å². The molecule has 2 heterocycles. The number of ether oxygens (including phenoxy) is 2. The zero-order valence-corrected chi connectivity index (χ0v) is 16.3. The number of rotatable bonds is 6. The minimum absolute atomic E-state index is 0.273. The van der Waals surface area contributed by atoms with E-state index >= 15 is 0 Å². The maximum absolute atomic E-state index is 12.9. The number of anilines is 1. The summed E-state index contributed by atoms with van der Waals surface area (Å²) in [6.45, 7) is 0. The van der Waals surface area contributed by atoms with E-state index in [1.807, 2.05) is 18.2 Å². The summed E-state index contributed by atoms with van der Waals surface area (Å²) in [6, 6.07) is 17.6. The van der Waals surface area contributed by atoms with Crippen LogP contribution in [0.15, 0.2) is 71.4 Å². The van der Waals surface area contributed by atoms with E-state index in [-0.39, 0.29) is 11.8 Å². The van der Waals surface area contributed by atoms with Crippen LogP contribution in [0.3, 0.4) is 0 Å². The number of amides is 1. The molecule has 150 valence electrons. The molecule has 8 nitrogen and oxygen atoms in total. The van der Waals surface area contributed by atoms with Gasteiger partial charge in [0, 0.05) is 17.8 Å². The molecule has 1 N–H and O–H groups in total. The third-order valence-electron chi connectivity index (χ3n) is 4.34. The van der Waals surface area contributed by atoms with Crippen LogP contribution in [0.5, 0.6) is 11.5 Å². The number of hydrogen-bond donors (Lipinski definition) is 1. The van der Waals surface area contributed by atoms with Gasteiger partial charge < -0.3 is 19.3 Å². The van der Waals surface area contributed by atoms with Crippen LogP contribution in [0.2, 0.25) is 0 Å². The second-order valence-electron chi connectivity index (χ2n) is 6.24. The maximum atomic E-state index is 12.9. The maximum Gasteiger partial charge on any atom is 0.260 e. The Morgan fingerprint density at radius 2 is 1.70 bits per heavy atom. The van der Waals surface area contributed by atoms with Crippen LogP contribution in [0, 0.1) is 0 Å². The minimum atomic E-state index is -0.330. The van der Waals surface area contributed by atoms with E-state index < -0.39 is 0 Å². The van der Waals surface area contributed by atoms with Crippen molar-refractivity contribution in [2.45, 2.75) is 0 Å². The van der Waals surface area contributed by atoms with E-state index in [1.165, 1.54) is 14.2 Å². The Hall–Kier alpha value is -4.20. The lowest BCUT2D eigenvalue weighted by Crippen LogP contribution is -2.13. The summed E-state index contributed by atoms with van der Waals surface area (Å²) >= 11 is 0. The first-order chi connectivity index (χ1) is 14.7. The van der Waals surface area contributed by atoms with Crippen molar-refractivity contribution >= 4 is 11.6 Å². The third kappa shape index (κ3) is 3.97. The summed E-state index contributed by atoms with van der Waals surface area (Å²) in [4.78, 5) is 21.5. The Kier molecular flexibility index (Phi) is 5.38. The number of carbonyl (C=O) groups excluding carboxylic acids is 1. The highest BCUT2D eigenvalue weighted by molar-refractivity contribution is 6.06. The SMILES string of the molecule is COc1cc(OC)cc(C(=O)Nc2ccccc2-c2nc(-c3ccccn3)no2)c1. The second kappa shape index (κ2) is 8.44. The number of para-hydroxylation sites is 1. The van der Waals surface area contributed by atoms with Gasteiger partial charge in [-0.15, -0.1) is 0 Å². The summed E-state index contributed by atoms with van der Waals surface area (Å²) in [5.74, 6) is 1.34. The van der Waals surface area contributed by atoms with E-state index in [0.717, 1.165) is 0 Å². The van der Waals surface area contributed by atoms with Crippen molar-refractivity contribution in [3.8, 4) is 34.5 Å². The normalized spacial score (nSPS) is 10.5. The summed E-state index contributed by atoms with van der Waals surface area (Å²) in [6.07, 6.45) is 1.65. The van der Waals surface area contributed by atoms with Crippen molar-refractivity contribution < 1.29 is 18.8 Å². The van der Waals surface area contributed by atoms with Crippen LogP contribution >= 0.6 is 0 Å². The van der Waals surface area contributed by atoms with Crippen LogP contribution < -0.4 is 14.8 Å². The standard InChI is InChI=1S/C22H18N4O4/c1-28-15-11-14(12-16(13-15)29-2)21(27)24-18-8-4-3-7-17(18)22-25-20(26-30-22)19-9-5-6-10-23-19/h3-13H,1-2H3,(H,24,27). The molecule has 0 fully saturated rings. The van der Waals surface area contributed by atoms with Gasteiger partial charge in [0.15, 0.2) is 0 Å². The quantitative estimate of drug-likeness (QED) is 0.519. The molecule has 8 heteroatoms. The van der Waals surface area contributed by atoms with Crippen molar-refractivity contribution in [2.24, 2.45) is 0 Å². The molecule has 0 spiro atoms. The zero-order valence-electron chi connectivity index (χ0n) is 16.3. The summed E-state index contributed by atoms with van der Waals surface area (Å²) in [5.41, 5.74) is 2.11. The molecule has 0 bridgehead atoms. The van der Waals surface area contributed by atoms with Crippen molar-refractivity contribution in [1.29, 1.82) is 0 Å². The number of nitrogens with one attached hydrogen (secondary N) is 1. The fraction of sp³-hybridized carbons (Fsp3) is 0.0909. The molecule has 0 radical (unpaired) electrons. The number of benzene rings is 2. The molecule has 0 aliphatic heterocycles. The van der Waals surface area contributed by atoms with Gasteiger partial charge >= 0.3 is 0 Å². The number of aromatic nitrogens is 3. The molecule has 1 amide bonds. The molecule has 0 unspecified atom stereocenters. The van der Waals surface area contributed by atoms with Gasteiger partial charge in [0.2, 0.25) is 5.82 Å². The molecule has 4 aromatic rings. The van der Waals surface area contributed by atoms with Crippen LogP contribution in [0.1, 0.15) is 10.4 Å². The molecule has 0 saturated carbocycles. The average molecular weight is 402 g/mol. The van der Waals surface area contributed by atoms with Gasteiger partial charge in [-0.1, -0.05) is 23.4 Å². The lowest BCUT2D eigenvalue weighted by molar-refractivity contribution is 0.102. The number of methoxy groups -OCH3 is 2. The number of nitrogens with zero attached hydrogens (tertiary/aromatic N) is 3. The molecule has 0 aliphatic rings. The van der Waals surface area contributed by atoms with Gasteiger partial charge in [-0.05, 0) is 36.4 Å². The molecular weight excluding hydrogens is 384 g/mol. The van der Waals surface area contributed by atoms with Crippen molar-refractivity contribution in [3.63, 3.8) is 0 Å². The first-order valence-corrected chi connectivity index (χ1v) is 9.07. The van der Waals surface area contributed by atoms with E-state index in [9.17, 15) is 4.79 Å². The minimum Gasteiger partial charge on any atom is -0.497 e. The summed E-state index contributed by atoms with van der Waals surface area (Å²) in [5, 5.41) is 6.88. The molecule has 0 atom stereocenters. The monoisotopic (exact) mass is 402 g/mol. The fourth-order valence-electron chi connectivity index (χ4n) is 2.84. The highest BCUT2D eigenvalue weighted by Crippen LogP contribution is 2.29. The highest BCUT2D eigenvalue weighted by atomic mass is 16.5. The molecule has 4 rings (SSSR count). The van der Waals surface area contributed by atoms with Gasteiger partial charge in [0.1, 0.15) is 17.2 Å². The first-order valence-electron chi connectivity index (χ1n) is 9.07. The molecule has 30 heavy (non-hydrogen) atoms. The Bertz CT molecular complexity index is 1150. The fourth-order valence-corrected chi connectivity index (χ4v) is 2.84. The number of hydrogen-bond acceptors (Lipinski definition) is 7. The molecule has 0 aliphatic carbocycles. The number of carbonyl (C=O) groups is 1. The van der Waals surface area contributed by atoms with Crippen LogP contribution in [-0.4, -0.2) is 35.3 Å². The molecule has 2 aromatic carbocycles. The van der Waals surface area contributed by atoms with Crippen LogP contribution in [0.25, 0.3) is 23.0 Å². The Morgan fingerprint density at radius 3 is 2.40 bits per heavy atom. The smallest absolute Gasteiger partial charge is 0.260 e. The Balaban J connectivity index is 1.63. The Morgan fingerprint density at radius 1 is 0.967 bits per heavy atom. The first kappa shape index (κ1) is 19.1. The van der Waals surface area contributed by atoms with Crippen molar-refractivity contribution in [2.75, 3.05) is 19.5 Å². The molecule has 0 saturated heterocycles.